The Kier molecular flexibility index (Phi) is 5.09. The monoisotopic (exact) mass is 395 g/mol. The van der Waals surface area contributed by atoms with Crippen molar-refractivity contribution >= 4 is 27.5 Å². The Morgan fingerprint density at radius 2 is 2.30 bits per heavy atom. The maximum atomic E-state index is 9.65. The Labute approximate surface area is 147 Å². The summed E-state index contributed by atoms with van der Waals surface area (Å²) in [4.78, 5) is 0. The lowest BCUT2D eigenvalue weighted by molar-refractivity contribution is 0.299. The van der Waals surface area contributed by atoms with Gasteiger partial charge in [0.1, 0.15) is 23.1 Å². The van der Waals surface area contributed by atoms with Gasteiger partial charge in [0.25, 0.3) is 0 Å². The first-order chi connectivity index (χ1) is 11.2. The zero-order valence-corrected chi connectivity index (χ0v) is 14.7. The molecule has 5 nitrogen and oxygen atoms in total. The summed E-state index contributed by atoms with van der Waals surface area (Å²) < 4.78 is 11.7. The molecule has 0 amide bonds. The average molecular weight is 397 g/mol. The summed E-state index contributed by atoms with van der Waals surface area (Å²) in [5.74, 6) is 0.981. The van der Waals surface area contributed by atoms with Crippen LogP contribution in [0.1, 0.15) is 24.8 Å². The number of hydrogen-bond acceptors (Lipinski definition) is 4. The van der Waals surface area contributed by atoms with Crippen LogP contribution in [0, 0.1) is 11.3 Å². The van der Waals surface area contributed by atoms with Crippen LogP contribution >= 0.6 is 27.5 Å². The van der Waals surface area contributed by atoms with Crippen molar-refractivity contribution < 1.29 is 9.47 Å². The molecular weight excluding hydrogens is 382 g/mol. The van der Waals surface area contributed by atoms with Crippen LogP contribution in [-0.4, -0.2) is 28.2 Å². The van der Waals surface area contributed by atoms with E-state index in [-0.39, 0.29) is 6.10 Å². The molecule has 3 rings (SSSR count). The van der Waals surface area contributed by atoms with Crippen LogP contribution in [0.15, 0.2) is 18.3 Å². The first-order valence-electron chi connectivity index (χ1n) is 7.36. The van der Waals surface area contributed by atoms with Gasteiger partial charge in [0, 0.05) is 17.6 Å². The van der Waals surface area contributed by atoms with Crippen molar-refractivity contribution in [1.29, 1.82) is 5.26 Å². The molecule has 23 heavy (non-hydrogen) atoms. The molecule has 0 bridgehead atoms. The molecule has 1 N–H and O–H groups in total. The van der Waals surface area contributed by atoms with Crippen molar-refractivity contribution in [1.82, 2.24) is 10.2 Å². The predicted molar refractivity (Wildman–Crippen MR) is 91.3 cm³/mol. The van der Waals surface area contributed by atoms with Gasteiger partial charge in [0.05, 0.1) is 29.0 Å². The minimum absolute atomic E-state index is 0.174. The zero-order valence-electron chi connectivity index (χ0n) is 12.3. The molecule has 1 aromatic heterocycles. The number of ether oxygens (including phenoxy) is 2. The van der Waals surface area contributed by atoms with Crippen molar-refractivity contribution in [3.05, 3.63) is 28.9 Å². The second-order valence-electron chi connectivity index (χ2n) is 5.23. The highest BCUT2D eigenvalue weighted by Gasteiger charge is 2.28. The van der Waals surface area contributed by atoms with Gasteiger partial charge in [-0.05, 0) is 25.3 Å². The number of benzene rings is 1. The number of hydrogen-bond donors (Lipinski definition) is 1. The van der Waals surface area contributed by atoms with Gasteiger partial charge in [-0.3, -0.25) is 5.10 Å². The molecule has 120 valence electrons. The summed E-state index contributed by atoms with van der Waals surface area (Å²) in [5, 5.41) is 17.7. The largest absolute Gasteiger partial charge is 0.491 e. The molecule has 0 unspecified atom stereocenters. The van der Waals surface area contributed by atoms with Crippen LogP contribution < -0.4 is 9.47 Å². The first-order valence-corrected chi connectivity index (χ1v) is 8.86. The number of nitriles is 1. The normalized spacial score (nSPS) is 13.6. The maximum absolute atomic E-state index is 9.65. The highest BCUT2D eigenvalue weighted by molar-refractivity contribution is 9.09. The Balaban J connectivity index is 2.08. The molecule has 2 aromatic rings. The molecule has 1 saturated carbocycles. The topological polar surface area (TPSA) is 70.9 Å². The van der Waals surface area contributed by atoms with Crippen LogP contribution in [0.5, 0.6) is 11.5 Å². The third kappa shape index (κ3) is 3.62. The van der Waals surface area contributed by atoms with E-state index >= 15 is 0 Å². The fraction of sp³-hybridized carbons (Fsp3) is 0.375. The van der Waals surface area contributed by atoms with E-state index in [4.69, 9.17) is 21.1 Å². The Bertz CT molecular complexity index is 724. The number of nitrogens with one attached hydrogen (secondary N) is 1. The Morgan fingerprint density at radius 3 is 2.91 bits per heavy atom. The number of aromatic amines is 1. The van der Waals surface area contributed by atoms with E-state index in [0.29, 0.717) is 39.9 Å². The fourth-order valence-electron chi connectivity index (χ4n) is 2.20. The minimum Gasteiger partial charge on any atom is -0.491 e. The summed E-state index contributed by atoms with van der Waals surface area (Å²) in [6.45, 7) is 0.500. The SMILES string of the molecule is N#Cc1c(OC2CC2)cc(Cl)c(OCCCBr)c1-c1ccn[nH]1. The summed E-state index contributed by atoms with van der Waals surface area (Å²) in [5.41, 5.74) is 1.70. The Hall–Kier alpha value is -1.71. The van der Waals surface area contributed by atoms with Crippen LogP contribution in [-0.2, 0) is 0 Å². The summed E-state index contributed by atoms with van der Waals surface area (Å²) in [6, 6.07) is 5.67. The molecule has 0 spiro atoms. The zero-order chi connectivity index (χ0) is 16.2. The van der Waals surface area contributed by atoms with E-state index in [9.17, 15) is 5.26 Å². The maximum Gasteiger partial charge on any atom is 0.148 e. The molecule has 0 radical (unpaired) electrons. The third-order valence-corrected chi connectivity index (χ3v) is 4.26. The summed E-state index contributed by atoms with van der Waals surface area (Å²) in [7, 11) is 0. The van der Waals surface area contributed by atoms with Crippen LogP contribution in [0.25, 0.3) is 11.3 Å². The average Bonchev–Trinajstić information content (AvgIpc) is 3.19. The van der Waals surface area contributed by atoms with E-state index in [2.05, 4.69) is 32.2 Å². The quantitative estimate of drug-likeness (QED) is 0.559. The van der Waals surface area contributed by atoms with E-state index in [0.717, 1.165) is 24.6 Å². The third-order valence-electron chi connectivity index (χ3n) is 3.42. The van der Waals surface area contributed by atoms with Crippen molar-refractivity contribution in [3.63, 3.8) is 0 Å². The second kappa shape index (κ2) is 7.24. The van der Waals surface area contributed by atoms with Gasteiger partial charge in [0.15, 0.2) is 0 Å². The van der Waals surface area contributed by atoms with Crippen LogP contribution in [0.4, 0.5) is 0 Å². The van der Waals surface area contributed by atoms with E-state index in [1.165, 1.54) is 0 Å². The number of halogens is 2. The number of aromatic nitrogens is 2. The molecule has 1 fully saturated rings. The Morgan fingerprint density at radius 1 is 1.48 bits per heavy atom. The van der Waals surface area contributed by atoms with Gasteiger partial charge < -0.3 is 9.47 Å². The summed E-state index contributed by atoms with van der Waals surface area (Å²) >= 11 is 9.77. The second-order valence-corrected chi connectivity index (χ2v) is 6.43. The van der Waals surface area contributed by atoms with Gasteiger partial charge >= 0.3 is 0 Å². The van der Waals surface area contributed by atoms with Gasteiger partial charge in [-0.25, -0.2) is 0 Å². The van der Waals surface area contributed by atoms with Gasteiger partial charge in [0.2, 0.25) is 0 Å². The number of H-pyrrole nitrogens is 1. The van der Waals surface area contributed by atoms with E-state index in [1.54, 1.807) is 18.3 Å². The molecule has 0 aliphatic heterocycles. The lowest BCUT2D eigenvalue weighted by atomic mass is 10.0. The van der Waals surface area contributed by atoms with E-state index < -0.39 is 0 Å². The molecule has 1 heterocycles. The standard InChI is InChI=1S/C16H15BrClN3O2/c17-5-1-7-22-16-12(18)8-14(23-10-2-3-10)11(9-19)15(16)13-4-6-20-21-13/h4,6,8,10H,1-3,5,7H2,(H,20,21). The van der Waals surface area contributed by atoms with E-state index in [1.807, 2.05) is 0 Å². The molecule has 1 aliphatic carbocycles. The van der Waals surface area contributed by atoms with Crippen LogP contribution in [0.2, 0.25) is 5.02 Å². The highest BCUT2D eigenvalue weighted by Crippen LogP contribution is 2.44. The molecule has 0 atom stereocenters. The summed E-state index contributed by atoms with van der Waals surface area (Å²) in [6.07, 6.45) is 4.65. The molecular formula is C16H15BrClN3O2. The van der Waals surface area contributed by atoms with Gasteiger partial charge in [-0.15, -0.1) is 0 Å². The first kappa shape index (κ1) is 16.2. The van der Waals surface area contributed by atoms with Crippen LogP contribution in [0.3, 0.4) is 0 Å². The fourth-order valence-corrected chi connectivity index (χ4v) is 2.68. The van der Waals surface area contributed by atoms with Gasteiger partial charge in [-0.2, -0.15) is 10.4 Å². The molecule has 0 saturated heterocycles. The smallest absolute Gasteiger partial charge is 0.148 e. The predicted octanol–water partition coefficient (Wildman–Crippen LogP) is 4.31. The lowest BCUT2D eigenvalue weighted by Crippen LogP contribution is -2.05. The highest BCUT2D eigenvalue weighted by atomic mass is 79.9. The minimum atomic E-state index is 0.174. The van der Waals surface area contributed by atoms with Crippen molar-refractivity contribution in [2.45, 2.75) is 25.4 Å². The van der Waals surface area contributed by atoms with Crippen molar-refractivity contribution in [3.8, 4) is 28.8 Å². The molecule has 7 heteroatoms. The van der Waals surface area contributed by atoms with Crippen molar-refractivity contribution in [2.24, 2.45) is 0 Å². The molecule has 1 aromatic carbocycles. The number of rotatable bonds is 7. The molecule has 1 aliphatic rings. The van der Waals surface area contributed by atoms with Crippen molar-refractivity contribution in [2.75, 3.05) is 11.9 Å². The lowest BCUT2D eigenvalue weighted by Gasteiger charge is -2.17. The number of alkyl halides is 1. The van der Waals surface area contributed by atoms with Gasteiger partial charge in [-0.1, -0.05) is 27.5 Å². The number of nitrogens with zero attached hydrogens (tertiary/aromatic N) is 2.